The molecule has 0 aromatic carbocycles. The van der Waals surface area contributed by atoms with E-state index in [2.05, 4.69) is 36.5 Å². The van der Waals surface area contributed by atoms with Gasteiger partial charge in [-0.1, -0.05) is 6.58 Å². The first-order valence-corrected chi connectivity index (χ1v) is 8.72. The number of pyridine rings is 1. The molecule has 1 aliphatic rings. The van der Waals surface area contributed by atoms with Gasteiger partial charge in [0.25, 0.3) is 0 Å². The van der Waals surface area contributed by atoms with Gasteiger partial charge in [-0.25, -0.2) is 15.0 Å². The van der Waals surface area contributed by atoms with Gasteiger partial charge in [0.2, 0.25) is 5.88 Å². The third kappa shape index (κ3) is 2.65. The Labute approximate surface area is 144 Å². The summed E-state index contributed by atoms with van der Waals surface area (Å²) in [6.07, 6.45) is 2.36. The van der Waals surface area contributed by atoms with Crippen LogP contribution < -0.4 is 4.74 Å². The largest absolute Gasteiger partial charge is 0.472 e. The molecule has 4 rings (SSSR count). The summed E-state index contributed by atoms with van der Waals surface area (Å²) in [5.41, 5.74) is 3.94. The fourth-order valence-electron chi connectivity index (χ4n) is 2.86. The second-order valence-electron chi connectivity index (χ2n) is 6.88. The van der Waals surface area contributed by atoms with Gasteiger partial charge in [-0.3, -0.25) is 0 Å². The lowest BCUT2D eigenvalue weighted by molar-refractivity contribution is -0.0411. The molecule has 0 fully saturated rings. The Morgan fingerprint density at radius 2 is 2.25 bits per heavy atom. The van der Waals surface area contributed by atoms with Crippen molar-refractivity contribution in [2.75, 3.05) is 6.61 Å². The number of aromatic nitrogens is 3. The second kappa shape index (κ2) is 5.50. The first-order valence-electron chi connectivity index (χ1n) is 7.90. The van der Waals surface area contributed by atoms with Crippen LogP contribution in [0, 0.1) is 0 Å². The van der Waals surface area contributed by atoms with Gasteiger partial charge in [-0.05, 0) is 32.4 Å². The van der Waals surface area contributed by atoms with Gasteiger partial charge in [0.15, 0.2) is 0 Å². The van der Waals surface area contributed by atoms with Crippen LogP contribution in [0.25, 0.3) is 20.4 Å². The number of hydrogen-bond donors (Lipinski definition) is 0. The van der Waals surface area contributed by atoms with Crippen LogP contribution in [0.4, 0.5) is 0 Å². The molecule has 124 valence electrons. The highest BCUT2D eigenvalue weighted by Crippen LogP contribution is 2.38. The summed E-state index contributed by atoms with van der Waals surface area (Å²) in [4.78, 5) is 14.6. The van der Waals surface area contributed by atoms with Gasteiger partial charge in [0.05, 0.1) is 23.4 Å². The maximum atomic E-state index is 5.91. The molecule has 3 aromatic heterocycles. The fraction of sp³-hybridized carbons (Fsp3) is 0.389. The molecule has 0 saturated carbocycles. The Hall–Kier alpha value is -2.05. The Morgan fingerprint density at radius 1 is 1.42 bits per heavy atom. The van der Waals surface area contributed by atoms with Crippen molar-refractivity contribution in [2.45, 2.75) is 39.4 Å². The fourth-order valence-corrected chi connectivity index (χ4v) is 3.93. The summed E-state index contributed by atoms with van der Waals surface area (Å²) in [7, 11) is 0. The van der Waals surface area contributed by atoms with E-state index in [0.717, 1.165) is 43.7 Å². The second-order valence-corrected chi connectivity index (χ2v) is 7.88. The Morgan fingerprint density at radius 3 is 3.04 bits per heavy atom. The van der Waals surface area contributed by atoms with Gasteiger partial charge >= 0.3 is 0 Å². The summed E-state index contributed by atoms with van der Waals surface area (Å²) in [6, 6.07) is 2.15. The highest BCUT2D eigenvalue weighted by molar-refractivity contribution is 7.25. The van der Waals surface area contributed by atoms with E-state index in [1.54, 1.807) is 17.7 Å². The highest BCUT2D eigenvalue weighted by Gasteiger charge is 2.28. The Balaban J connectivity index is 1.86. The number of ether oxygens (including phenoxy) is 2. The van der Waals surface area contributed by atoms with Crippen LogP contribution >= 0.6 is 11.3 Å². The van der Waals surface area contributed by atoms with E-state index in [9.17, 15) is 0 Å². The van der Waals surface area contributed by atoms with Crippen LogP contribution in [0.2, 0.25) is 0 Å². The molecule has 0 atom stereocenters. The molecule has 0 bridgehead atoms. The summed E-state index contributed by atoms with van der Waals surface area (Å²) in [6.45, 7) is 11.0. The number of fused-ring (bicyclic) bond motifs is 4. The molecule has 6 heteroatoms. The van der Waals surface area contributed by atoms with E-state index >= 15 is 0 Å². The van der Waals surface area contributed by atoms with Crippen molar-refractivity contribution < 1.29 is 9.47 Å². The lowest BCUT2D eigenvalue weighted by Gasteiger charge is -2.30. The van der Waals surface area contributed by atoms with Gasteiger partial charge in [-0.2, -0.15) is 0 Å². The summed E-state index contributed by atoms with van der Waals surface area (Å²) >= 11 is 1.58. The molecule has 0 saturated heterocycles. The zero-order chi connectivity index (χ0) is 16.9. The van der Waals surface area contributed by atoms with E-state index in [0.29, 0.717) is 19.1 Å². The van der Waals surface area contributed by atoms with E-state index < -0.39 is 0 Å². The Kier molecular flexibility index (Phi) is 3.54. The standard InChI is InChI=1S/C18H19N3O2S/c1-10(2)7-22-16-15-14(19-9-20-16)12-5-11-8-23-18(3,4)6-13(11)21-17(12)24-15/h5,9H,1,6-8H2,2-4H3. The minimum absolute atomic E-state index is 0.167. The molecular formula is C18H19N3O2S. The normalized spacial score (nSPS) is 16.3. The molecule has 5 nitrogen and oxygen atoms in total. The predicted octanol–water partition coefficient (Wildman–Crippen LogP) is 4.05. The lowest BCUT2D eigenvalue weighted by atomic mass is 9.95. The van der Waals surface area contributed by atoms with Gasteiger partial charge in [0, 0.05) is 17.4 Å². The van der Waals surface area contributed by atoms with Crippen molar-refractivity contribution in [3.8, 4) is 5.88 Å². The zero-order valence-electron chi connectivity index (χ0n) is 14.0. The predicted molar refractivity (Wildman–Crippen MR) is 95.6 cm³/mol. The van der Waals surface area contributed by atoms with Crippen molar-refractivity contribution in [3.63, 3.8) is 0 Å². The SMILES string of the molecule is C=C(C)COc1ncnc2c1sc1nc3c(cc12)COC(C)(C)C3. The number of nitrogens with zero attached hydrogens (tertiary/aromatic N) is 3. The summed E-state index contributed by atoms with van der Waals surface area (Å²) in [5, 5.41) is 1.04. The van der Waals surface area contributed by atoms with Crippen LogP contribution in [0.15, 0.2) is 24.5 Å². The number of hydrogen-bond acceptors (Lipinski definition) is 6. The molecule has 0 unspecified atom stereocenters. The van der Waals surface area contributed by atoms with Crippen molar-refractivity contribution in [3.05, 3.63) is 35.8 Å². The maximum absolute atomic E-state index is 5.91. The van der Waals surface area contributed by atoms with Gasteiger partial charge in [0.1, 0.15) is 22.5 Å². The van der Waals surface area contributed by atoms with E-state index in [-0.39, 0.29) is 5.60 Å². The third-order valence-corrected chi connectivity index (χ3v) is 5.12. The monoisotopic (exact) mass is 341 g/mol. The number of thiophene rings is 1. The van der Waals surface area contributed by atoms with Crippen LogP contribution in [0.1, 0.15) is 32.0 Å². The van der Waals surface area contributed by atoms with E-state index in [4.69, 9.17) is 14.5 Å². The lowest BCUT2D eigenvalue weighted by Crippen LogP contribution is -2.32. The molecule has 24 heavy (non-hydrogen) atoms. The minimum atomic E-state index is -0.167. The van der Waals surface area contributed by atoms with Crippen LogP contribution in [0.5, 0.6) is 5.88 Å². The van der Waals surface area contributed by atoms with Crippen LogP contribution in [-0.2, 0) is 17.8 Å². The highest BCUT2D eigenvalue weighted by atomic mass is 32.1. The topological polar surface area (TPSA) is 57.1 Å². The maximum Gasteiger partial charge on any atom is 0.235 e. The third-order valence-electron chi connectivity index (χ3n) is 4.05. The van der Waals surface area contributed by atoms with Gasteiger partial charge < -0.3 is 9.47 Å². The Bertz CT molecular complexity index is 962. The van der Waals surface area contributed by atoms with Crippen molar-refractivity contribution >= 4 is 31.8 Å². The molecular weight excluding hydrogens is 322 g/mol. The molecule has 0 aliphatic carbocycles. The summed E-state index contributed by atoms with van der Waals surface area (Å²) < 4.78 is 12.6. The van der Waals surface area contributed by atoms with Crippen LogP contribution in [0.3, 0.4) is 0 Å². The van der Waals surface area contributed by atoms with E-state index in [1.807, 2.05) is 6.92 Å². The van der Waals surface area contributed by atoms with Gasteiger partial charge in [-0.15, -0.1) is 11.3 Å². The number of rotatable bonds is 3. The first-order chi connectivity index (χ1) is 11.4. The van der Waals surface area contributed by atoms with Crippen molar-refractivity contribution in [1.29, 1.82) is 0 Å². The molecule has 3 aromatic rings. The smallest absolute Gasteiger partial charge is 0.235 e. The van der Waals surface area contributed by atoms with E-state index in [1.165, 1.54) is 0 Å². The molecule has 0 spiro atoms. The molecule has 4 heterocycles. The average Bonchev–Trinajstić information content (AvgIpc) is 2.88. The van der Waals surface area contributed by atoms with Crippen LogP contribution in [-0.4, -0.2) is 27.2 Å². The first kappa shape index (κ1) is 15.5. The molecule has 0 radical (unpaired) electrons. The average molecular weight is 341 g/mol. The molecule has 0 amide bonds. The molecule has 0 N–H and O–H groups in total. The zero-order valence-corrected chi connectivity index (χ0v) is 14.9. The quantitative estimate of drug-likeness (QED) is 0.673. The van der Waals surface area contributed by atoms with Crippen molar-refractivity contribution in [1.82, 2.24) is 15.0 Å². The molecule has 1 aliphatic heterocycles. The minimum Gasteiger partial charge on any atom is -0.472 e. The van der Waals surface area contributed by atoms with Crippen molar-refractivity contribution in [2.24, 2.45) is 0 Å². The summed E-state index contributed by atoms with van der Waals surface area (Å²) in [5.74, 6) is 0.598.